The highest BCUT2D eigenvalue weighted by Gasteiger charge is 2.20. The molecule has 2 N–H and O–H groups in total. The Labute approximate surface area is 125 Å². The summed E-state index contributed by atoms with van der Waals surface area (Å²) < 4.78 is 5.67. The summed E-state index contributed by atoms with van der Waals surface area (Å²) in [6, 6.07) is 1.75. The molecule has 2 rings (SSSR count). The van der Waals surface area contributed by atoms with E-state index in [1.807, 2.05) is 0 Å². The number of rotatable bonds is 3. The predicted octanol–water partition coefficient (Wildman–Crippen LogP) is 1.03. The van der Waals surface area contributed by atoms with Crippen molar-refractivity contribution in [2.24, 2.45) is 5.73 Å². The monoisotopic (exact) mass is 287 g/mol. The number of nitrogens with two attached hydrogens (primary N) is 1. The summed E-state index contributed by atoms with van der Waals surface area (Å²) in [5.74, 6) is 5.58. The van der Waals surface area contributed by atoms with E-state index in [-0.39, 0.29) is 18.6 Å². The first-order chi connectivity index (χ1) is 10.2. The third-order valence-corrected chi connectivity index (χ3v) is 3.42. The largest absolute Gasteiger partial charge is 0.376 e. The molecule has 1 saturated heterocycles. The van der Waals surface area contributed by atoms with Gasteiger partial charge in [0.1, 0.15) is 0 Å². The van der Waals surface area contributed by atoms with Crippen molar-refractivity contribution in [1.82, 2.24) is 9.88 Å². The van der Waals surface area contributed by atoms with Gasteiger partial charge in [-0.3, -0.25) is 9.78 Å². The second-order valence-corrected chi connectivity index (χ2v) is 5.14. The summed E-state index contributed by atoms with van der Waals surface area (Å²) in [6.07, 6.45) is 6.62. The van der Waals surface area contributed by atoms with Crippen molar-refractivity contribution < 1.29 is 9.53 Å². The Bertz CT molecular complexity index is 542. The van der Waals surface area contributed by atoms with Crippen LogP contribution in [0.1, 0.15) is 35.2 Å². The van der Waals surface area contributed by atoms with Crippen molar-refractivity contribution in [3.63, 3.8) is 0 Å². The number of likely N-dealkylation sites (N-methyl/N-ethyl adjacent to an activating group) is 1. The minimum atomic E-state index is -0.0620. The summed E-state index contributed by atoms with van der Waals surface area (Å²) in [5.41, 5.74) is 6.58. The molecule has 0 spiro atoms. The van der Waals surface area contributed by atoms with Gasteiger partial charge in [-0.1, -0.05) is 11.8 Å². The number of amides is 1. The van der Waals surface area contributed by atoms with Crippen molar-refractivity contribution in [1.29, 1.82) is 0 Å². The molecular formula is C16H21N3O2. The number of nitrogens with zero attached hydrogens (tertiary/aromatic N) is 2. The van der Waals surface area contributed by atoms with Crippen LogP contribution >= 0.6 is 0 Å². The first kappa shape index (κ1) is 15.5. The Balaban J connectivity index is 2.01. The normalized spacial score (nSPS) is 17.7. The van der Waals surface area contributed by atoms with Crippen LogP contribution in [0.2, 0.25) is 0 Å². The Morgan fingerprint density at radius 1 is 1.52 bits per heavy atom. The highest BCUT2D eigenvalue weighted by molar-refractivity contribution is 5.94. The molecular weight excluding hydrogens is 266 g/mol. The first-order valence-electron chi connectivity index (χ1n) is 7.21. The first-order valence-corrected chi connectivity index (χ1v) is 7.21. The Hall–Kier alpha value is -1.90. The lowest BCUT2D eigenvalue weighted by molar-refractivity contribution is -0.000195. The fourth-order valence-corrected chi connectivity index (χ4v) is 2.34. The van der Waals surface area contributed by atoms with E-state index >= 15 is 0 Å². The lowest BCUT2D eigenvalue weighted by atomic mass is 10.1. The molecule has 1 aliphatic heterocycles. The summed E-state index contributed by atoms with van der Waals surface area (Å²) >= 11 is 0. The van der Waals surface area contributed by atoms with Crippen LogP contribution in [0.5, 0.6) is 0 Å². The molecule has 0 aromatic carbocycles. The van der Waals surface area contributed by atoms with Crippen LogP contribution in [-0.2, 0) is 4.74 Å². The van der Waals surface area contributed by atoms with Gasteiger partial charge in [0.05, 0.1) is 18.2 Å². The molecule has 112 valence electrons. The fraction of sp³-hybridized carbons (Fsp3) is 0.500. The quantitative estimate of drug-likeness (QED) is 0.843. The van der Waals surface area contributed by atoms with E-state index in [1.54, 1.807) is 30.4 Å². The second kappa shape index (κ2) is 7.77. The van der Waals surface area contributed by atoms with Gasteiger partial charge in [-0.25, -0.2) is 0 Å². The van der Waals surface area contributed by atoms with Gasteiger partial charge < -0.3 is 15.4 Å². The van der Waals surface area contributed by atoms with E-state index in [0.29, 0.717) is 17.7 Å². The molecule has 2 heterocycles. The summed E-state index contributed by atoms with van der Waals surface area (Å²) in [6.45, 7) is 1.69. The standard InChI is InChI=1S/C16H21N3O2/c1-19(12-15-6-2-3-8-21-15)16(20)14-9-13(5-4-7-17)10-18-11-14/h9-11,15H,2-3,6-8,12,17H2,1H3. The van der Waals surface area contributed by atoms with E-state index in [4.69, 9.17) is 10.5 Å². The lowest BCUT2D eigenvalue weighted by Gasteiger charge is -2.27. The third-order valence-electron chi connectivity index (χ3n) is 3.42. The van der Waals surface area contributed by atoms with Gasteiger partial charge >= 0.3 is 0 Å². The van der Waals surface area contributed by atoms with E-state index in [0.717, 1.165) is 19.4 Å². The molecule has 1 unspecified atom stereocenters. The van der Waals surface area contributed by atoms with Gasteiger partial charge in [-0.05, 0) is 25.3 Å². The van der Waals surface area contributed by atoms with Gasteiger partial charge in [0.2, 0.25) is 0 Å². The molecule has 21 heavy (non-hydrogen) atoms. The van der Waals surface area contributed by atoms with Crippen molar-refractivity contribution in [2.75, 3.05) is 26.7 Å². The van der Waals surface area contributed by atoms with Crippen molar-refractivity contribution in [3.8, 4) is 11.8 Å². The number of hydrogen-bond acceptors (Lipinski definition) is 4. The highest BCUT2D eigenvalue weighted by atomic mass is 16.5. The molecule has 5 heteroatoms. The molecule has 1 aliphatic rings. The molecule has 1 fully saturated rings. The topological polar surface area (TPSA) is 68.5 Å². The minimum absolute atomic E-state index is 0.0620. The molecule has 1 amide bonds. The van der Waals surface area contributed by atoms with Crippen molar-refractivity contribution >= 4 is 5.91 Å². The van der Waals surface area contributed by atoms with Crippen molar-refractivity contribution in [3.05, 3.63) is 29.6 Å². The molecule has 0 aliphatic carbocycles. The van der Waals surface area contributed by atoms with E-state index in [2.05, 4.69) is 16.8 Å². The van der Waals surface area contributed by atoms with Gasteiger partial charge in [0.15, 0.2) is 0 Å². The zero-order chi connectivity index (χ0) is 15.1. The zero-order valence-corrected chi connectivity index (χ0v) is 12.3. The maximum atomic E-state index is 12.4. The number of hydrogen-bond donors (Lipinski definition) is 1. The van der Waals surface area contributed by atoms with E-state index in [9.17, 15) is 4.79 Å². The van der Waals surface area contributed by atoms with Gasteiger partial charge in [0, 0.05) is 38.2 Å². The fourth-order valence-electron chi connectivity index (χ4n) is 2.34. The molecule has 0 radical (unpaired) electrons. The Morgan fingerprint density at radius 3 is 3.10 bits per heavy atom. The van der Waals surface area contributed by atoms with Gasteiger partial charge in [0.25, 0.3) is 5.91 Å². The lowest BCUT2D eigenvalue weighted by Crippen LogP contribution is -2.37. The average Bonchev–Trinajstić information content (AvgIpc) is 2.53. The van der Waals surface area contributed by atoms with Crippen molar-refractivity contribution in [2.45, 2.75) is 25.4 Å². The molecule has 1 atom stereocenters. The molecule has 5 nitrogen and oxygen atoms in total. The smallest absolute Gasteiger partial charge is 0.255 e. The SMILES string of the molecule is CN(CC1CCCCO1)C(=O)c1cncc(C#CCN)c1. The number of aromatic nitrogens is 1. The van der Waals surface area contributed by atoms with Crippen LogP contribution in [0.3, 0.4) is 0 Å². The zero-order valence-electron chi connectivity index (χ0n) is 12.3. The predicted molar refractivity (Wildman–Crippen MR) is 80.7 cm³/mol. The maximum Gasteiger partial charge on any atom is 0.255 e. The Morgan fingerprint density at radius 2 is 2.38 bits per heavy atom. The molecule has 1 aromatic heterocycles. The average molecular weight is 287 g/mol. The number of carbonyl (C=O) groups is 1. The van der Waals surface area contributed by atoms with E-state index in [1.165, 1.54) is 6.42 Å². The number of pyridine rings is 1. The third kappa shape index (κ3) is 4.55. The van der Waals surface area contributed by atoms with Gasteiger partial charge in [-0.15, -0.1) is 0 Å². The van der Waals surface area contributed by atoms with Crippen LogP contribution in [0.25, 0.3) is 0 Å². The number of ether oxygens (including phenoxy) is 1. The maximum absolute atomic E-state index is 12.4. The molecule has 0 bridgehead atoms. The summed E-state index contributed by atoms with van der Waals surface area (Å²) in [5, 5.41) is 0. The van der Waals surface area contributed by atoms with Crippen LogP contribution < -0.4 is 5.73 Å². The summed E-state index contributed by atoms with van der Waals surface area (Å²) in [7, 11) is 1.79. The van der Waals surface area contributed by atoms with E-state index < -0.39 is 0 Å². The summed E-state index contributed by atoms with van der Waals surface area (Å²) in [4.78, 5) is 18.2. The molecule has 1 aromatic rings. The van der Waals surface area contributed by atoms with Crippen LogP contribution in [0.15, 0.2) is 18.5 Å². The van der Waals surface area contributed by atoms with Crippen LogP contribution in [-0.4, -0.2) is 48.6 Å². The van der Waals surface area contributed by atoms with Crippen LogP contribution in [0.4, 0.5) is 0 Å². The van der Waals surface area contributed by atoms with Gasteiger partial charge in [-0.2, -0.15) is 0 Å². The minimum Gasteiger partial charge on any atom is -0.376 e. The molecule has 0 saturated carbocycles. The highest BCUT2D eigenvalue weighted by Crippen LogP contribution is 2.14. The number of carbonyl (C=O) groups excluding carboxylic acids is 1. The Kier molecular flexibility index (Phi) is 5.73. The second-order valence-electron chi connectivity index (χ2n) is 5.14. The van der Waals surface area contributed by atoms with Crippen LogP contribution in [0, 0.1) is 11.8 Å².